The minimum Gasteiger partial charge on any atom is -0.296 e. The summed E-state index contributed by atoms with van der Waals surface area (Å²) in [5, 5.41) is 8.70. The van der Waals surface area contributed by atoms with Crippen molar-refractivity contribution < 1.29 is 0 Å². The van der Waals surface area contributed by atoms with E-state index >= 15 is 0 Å². The molecule has 1 heterocycles. The molecule has 13 heavy (non-hydrogen) atoms. The zero-order valence-corrected chi connectivity index (χ0v) is 8.95. The molecule has 0 spiro atoms. The minimum absolute atomic E-state index is 0.491. The van der Waals surface area contributed by atoms with Gasteiger partial charge in [0.2, 0.25) is 0 Å². The third kappa shape index (κ3) is 2.45. The number of rotatable bonds is 3. The molecule has 1 aliphatic heterocycles. The largest absolute Gasteiger partial charge is 0.296 e. The van der Waals surface area contributed by atoms with Gasteiger partial charge in [0.1, 0.15) is 0 Å². The van der Waals surface area contributed by atoms with Gasteiger partial charge in [0.05, 0.1) is 12.5 Å². The molecule has 3 atom stereocenters. The van der Waals surface area contributed by atoms with Crippen LogP contribution in [0.2, 0.25) is 0 Å². The van der Waals surface area contributed by atoms with Crippen LogP contribution in [0.4, 0.5) is 0 Å². The van der Waals surface area contributed by atoms with Crippen molar-refractivity contribution in [3.8, 4) is 6.07 Å². The Kier molecular flexibility index (Phi) is 3.74. The summed E-state index contributed by atoms with van der Waals surface area (Å²) in [4.78, 5) is 2.51. The van der Waals surface area contributed by atoms with Crippen molar-refractivity contribution in [2.75, 3.05) is 6.54 Å². The van der Waals surface area contributed by atoms with Crippen LogP contribution in [0.5, 0.6) is 0 Å². The second-order valence-electron chi connectivity index (χ2n) is 4.31. The standard InChI is InChI=1S/C11H20N2/c1-4-11(5-6-12)13-8-9(2)7-10(13)3/h9-11H,4-5,7-8H2,1-3H3. The highest BCUT2D eigenvalue weighted by Crippen LogP contribution is 2.26. The third-order valence-corrected chi connectivity index (χ3v) is 3.10. The van der Waals surface area contributed by atoms with Crippen LogP contribution < -0.4 is 0 Å². The van der Waals surface area contributed by atoms with Gasteiger partial charge in [-0.3, -0.25) is 4.90 Å². The number of likely N-dealkylation sites (tertiary alicyclic amines) is 1. The van der Waals surface area contributed by atoms with Gasteiger partial charge in [0.25, 0.3) is 0 Å². The molecule has 1 fully saturated rings. The Labute approximate surface area is 81.5 Å². The van der Waals surface area contributed by atoms with Crippen molar-refractivity contribution in [1.29, 1.82) is 5.26 Å². The van der Waals surface area contributed by atoms with Crippen molar-refractivity contribution in [3.63, 3.8) is 0 Å². The first kappa shape index (κ1) is 10.5. The van der Waals surface area contributed by atoms with Crippen molar-refractivity contribution in [2.24, 2.45) is 5.92 Å². The average Bonchev–Trinajstić information content (AvgIpc) is 2.41. The molecule has 0 aliphatic carbocycles. The molecule has 0 bridgehead atoms. The lowest BCUT2D eigenvalue weighted by Crippen LogP contribution is -2.37. The summed E-state index contributed by atoms with van der Waals surface area (Å²) in [6.07, 6.45) is 3.08. The Hall–Kier alpha value is -0.550. The molecule has 1 rings (SSSR count). The van der Waals surface area contributed by atoms with Crippen LogP contribution in [0.3, 0.4) is 0 Å². The SMILES string of the molecule is CCC(CC#N)N1CC(C)CC1C. The van der Waals surface area contributed by atoms with Crippen LogP contribution in [-0.2, 0) is 0 Å². The molecule has 3 unspecified atom stereocenters. The Balaban J connectivity index is 2.54. The van der Waals surface area contributed by atoms with E-state index in [1.165, 1.54) is 13.0 Å². The molecule has 2 nitrogen and oxygen atoms in total. The summed E-state index contributed by atoms with van der Waals surface area (Å²) < 4.78 is 0. The first-order valence-corrected chi connectivity index (χ1v) is 5.31. The molecule has 0 N–H and O–H groups in total. The fourth-order valence-corrected chi connectivity index (χ4v) is 2.44. The first-order valence-electron chi connectivity index (χ1n) is 5.31. The van der Waals surface area contributed by atoms with Gasteiger partial charge >= 0.3 is 0 Å². The Morgan fingerprint density at radius 1 is 1.54 bits per heavy atom. The summed E-state index contributed by atoms with van der Waals surface area (Å²) >= 11 is 0. The van der Waals surface area contributed by atoms with Gasteiger partial charge in [0.15, 0.2) is 0 Å². The monoisotopic (exact) mass is 180 g/mol. The van der Waals surface area contributed by atoms with Crippen molar-refractivity contribution in [3.05, 3.63) is 0 Å². The predicted molar refractivity (Wildman–Crippen MR) is 54.3 cm³/mol. The fraction of sp³-hybridized carbons (Fsp3) is 0.909. The van der Waals surface area contributed by atoms with Gasteiger partial charge in [-0.1, -0.05) is 13.8 Å². The van der Waals surface area contributed by atoms with Crippen molar-refractivity contribution >= 4 is 0 Å². The average molecular weight is 180 g/mol. The van der Waals surface area contributed by atoms with E-state index in [0.29, 0.717) is 18.5 Å². The van der Waals surface area contributed by atoms with E-state index in [1.807, 2.05) is 0 Å². The third-order valence-electron chi connectivity index (χ3n) is 3.10. The summed E-state index contributed by atoms with van der Waals surface area (Å²) in [6.45, 7) is 7.94. The first-order chi connectivity index (χ1) is 6.19. The maximum absolute atomic E-state index is 8.70. The second-order valence-corrected chi connectivity index (χ2v) is 4.31. The number of nitrogens with zero attached hydrogens (tertiary/aromatic N) is 2. The van der Waals surface area contributed by atoms with E-state index in [4.69, 9.17) is 5.26 Å². The van der Waals surface area contributed by atoms with Gasteiger partial charge in [0, 0.05) is 18.6 Å². The van der Waals surface area contributed by atoms with E-state index in [0.717, 1.165) is 12.3 Å². The quantitative estimate of drug-likeness (QED) is 0.667. The van der Waals surface area contributed by atoms with Crippen LogP contribution in [0, 0.1) is 17.2 Å². The Morgan fingerprint density at radius 3 is 2.62 bits per heavy atom. The minimum atomic E-state index is 0.491. The fourth-order valence-electron chi connectivity index (χ4n) is 2.44. The summed E-state index contributed by atoms with van der Waals surface area (Å²) in [5.41, 5.74) is 0. The molecule has 74 valence electrons. The highest BCUT2D eigenvalue weighted by Gasteiger charge is 2.30. The molecular weight excluding hydrogens is 160 g/mol. The summed E-state index contributed by atoms with van der Waals surface area (Å²) in [6, 6.07) is 3.45. The van der Waals surface area contributed by atoms with Crippen LogP contribution >= 0.6 is 0 Å². The number of hydrogen-bond donors (Lipinski definition) is 0. The van der Waals surface area contributed by atoms with E-state index in [1.54, 1.807) is 0 Å². The molecule has 1 aliphatic rings. The van der Waals surface area contributed by atoms with E-state index in [9.17, 15) is 0 Å². The Morgan fingerprint density at radius 2 is 2.23 bits per heavy atom. The van der Waals surface area contributed by atoms with Crippen molar-refractivity contribution in [1.82, 2.24) is 4.90 Å². The molecule has 0 amide bonds. The molecule has 0 aromatic carbocycles. The van der Waals surface area contributed by atoms with Crippen molar-refractivity contribution in [2.45, 2.75) is 52.1 Å². The van der Waals surface area contributed by atoms with Crippen LogP contribution in [-0.4, -0.2) is 23.5 Å². The highest BCUT2D eigenvalue weighted by atomic mass is 15.2. The van der Waals surface area contributed by atoms with Gasteiger partial charge in [-0.05, 0) is 25.7 Å². The maximum atomic E-state index is 8.70. The van der Waals surface area contributed by atoms with Gasteiger partial charge in [-0.25, -0.2) is 0 Å². The molecule has 1 saturated heterocycles. The normalized spacial score (nSPS) is 31.5. The predicted octanol–water partition coefficient (Wildman–Crippen LogP) is 2.41. The zero-order chi connectivity index (χ0) is 9.84. The lowest BCUT2D eigenvalue weighted by molar-refractivity contribution is 0.184. The lowest BCUT2D eigenvalue weighted by Gasteiger charge is -2.28. The van der Waals surface area contributed by atoms with Gasteiger partial charge in [-0.15, -0.1) is 0 Å². The number of nitriles is 1. The van der Waals surface area contributed by atoms with Gasteiger partial charge in [-0.2, -0.15) is 5.26 Å². The highest BCUT2D eigenvalue weighted by molar-refractivity contribution is 4.89. The van der Waals surface area contributed by atoms with Crippen LogP contribution in [0.15, 0.2) is 0 Å². The zero-order valence-electron chi connectivity index (χ0n) is 8.95. The smallest absolute Gasteiger partial charge is 0.0638 e. The molecule has 0 saturated carbocycles. The van der Waals surface area contributed by atoms with E-state index < -0.39 is 0 Å². The maximum Gasteiger partial charge on any atom is 0.0638 e. The molecule has 0 aromatic rings. The Bertz CT molecular complexity index is 195. The van der Waals surface area contributed by atoms with Crippen LogP contribution in [0.25, 0.3) is 0 Å². The summed E-state index contributed by atoms with van der Waals surface area (Å²) in [7, 11) is 0. The second kappa shape index (κ2) is 4.62. The number of hydrogen-bond acceptors (Lipinski definition) is 2. The lowest BCUT2D eigenvalue weighted by atomic mass is 10.1. The molecule has 0 aromatic heterocycles. The molecular formula is C11H20N2. The van der Waals surface area contributed by atoms with E-state index in [-0.39, 0.29) is 0 Å². The topological polar surface area (TPSA) is 27.0 Å². The van der Waals surface area contributed by atoms with Gasteiger partial charge < -0.3 is 0 Å². The van der Waals surface area contributed by atoms with E-state index in [2.05, 4.69) is 31.7 Å². The van der Waals surface area contributed by atoms with Crippen LogP contribution in [0.1, 0.15) is 40.0 Å². The molecule has 2 heteroatoms. The molecule has 0 radical (unpaired) electrons. The summed E-state index contributed by atoms with van der Waals surface area (Å²) in [5.74, 6) is 0.808.